The van der Waals surface area contributed by atoms with Crippen LogP contribution in [-0.2, 0) is 4.79 Å². The minimum Gasteiger partial charge on any atom is -0.295 e. The molecule has 9 heteroatoms. The molecule has 1 unspecified atom stereocenters. The first-order valence-corrected chi connectivity index (χ1v) is 10.5. The molecule has 4 aromatic rings. The van der Waals surface area contributed by atoms with Gasteiger partial charge in [-0.2, -0.15) is 0 Å². The number of aryl methyl sites for hydroxylation is 3. The molecule has 0 radical (unpaired) electrons. The maximum atomic E-state index is 13.6. The molecule has 0 spiro atoms. The van der Waals surface area contributed by atoms with Gasteiger partial charge in [-0.1, -0.05) is 35.4 Å². The van der Waals surface area contributed by atoms with Crippen molar-refractivity contribution in [3.8, 4) is 0 Å². The van der Waals surface area contributed by atoms with E-state index in [1.165, 1.54) is 11.3 Å². The number of nitrogens with zero attached hydrogens (tertiary/aromatic N) is 6. The zero-order chi connectivity index (χ0) is 22.4. The summed E-state index contributed by atoms with van der Waals surface area (Å²) >= 11 is 6.40. The lowest BCUT2D eigenvalue weighted by atomic mass is 10.2. The lowest BCUT2D eigenvalue weighted by molar-refractivity contribution is -0.119. The van der Waals surface area contributed by atoms with Gasteiger partial charge in [-0.25, -0.2) is 25.0 Å². The average molecular weight is 446 g/mol. The fraction of sp³-hybridized carbons (Fsp3) is 0.174. The van der Waals surface area contributed by atoms with E-state index in [1.54, 1.807) is 17.0 Å². The molecule has 32 heavy (non-hydrogen) atoms. The number of hydrogen-bond donors (Lipinski definition) is 1. The van der Waals surface area contributed by atoms with Gasteiger partial charge in [0.2, 0.25) is 0 Å². The normalized spacial score (nSPS) is 17.4. The zero-order valence-corrected chi connectivity index (χ0v) is 18.5. The fourth-order valence-electron chi connectivity index (χ4n) is 3.69. The Balaban J connectivity index is 1.67. The number of hydrogen-bond acceptors (Lipinski definition) is 5. The maximum Gasteiger partial charge on any atom is 0.276 e. The predicted octanol–water partition coefficient (Wildman–Crippen LogP) is 4.23. The Morgan fingerprint density at radius 1 is 1.00 bits per heavy atom. The third kappa shape index (κ3) is 3.38. The highest BCUT2D eigenvalue weighted by Crippen LogP contribution is 2.31. The number of nitrogens with one attached hydrogen (secondary N) is 1. The van der Waals surface area contributed by atoms with Gasteiger partial charge < -0.3 is 0 Å². The topological polar surface area (TPSA) is 88.3 Å². The summed E-state index contributed by atoms with van der Waals surface area (Å²) < 4.78 is 1.72. The number of carbonyl (C=O) groups is 1. The van der Waals surface area contributed by atoms with Crippen LogP contribution in [0.4, 0.5) is 11.4 Å². The molecule has 160 valence electrons. The molecule has 8 nitrogen and oxygen atoms in total. The first kappa shape index (κ1) is 20.1. The van der Waals surface area contributed by atoms with E-state index >= 15 is 0 Å². The van der Waals surface area contributed by atoms with Crippen LogP contribution in [0, 0.1) is 20.8 Å². The van der Waals surface area contributed by atoms with Gasteiger partial charge in [-0.05, 0) is 50.6 Å². The molecule has 1 fully saturated rings. The molecule has 0 saturated carbocycles. The van der Waals surface area contributed by atoms with Crippen LogP contribution in [0.2, 0.25) is 5.02 Å². The SMILES string of the molecule is Cc1ccc(N2NC(=Nc3cc(C)ccc3Cl)C(n3cnc4c(C)ncnc43)C2=O)cc1. The molecule has 1 aliphatic rings. The summed E-state index contributed by atoms with van der Waals surface area (Å²) in [5, 5.41) is 1.99. The van der Waals surface area contributed by atoms with Crippen molar-refractivity contribution in [3.63, 3.8) is 0 Å². The van der Waals surface area contributed by atoms with E-state index in [0.29, 0.717) is 33.4 Å². The molecule has 3 heterocycles. The second-order valence-electron chi connectivity index (χ2n) is 7.76. The number of anilines is 1. The Morgan fingerprint density at radius 3 is 2.53 bits per heavy atom. The van der Waals surface area contributed by atoms with Crippen molar-refractivity contribution in [1.82, 2.24) is 24.9 Å². The average Bonchev–Trinajstić information content (AvgIpc) is 3.33. The Morgan fingerprint density at radius 2 is 1.75 bits per heavy atom. The number of fused-ring (bicyclic) bond motifs is 1. The number of rotatable bonds is 3. The van der Waals surface area contributed by atoms with E-state index in [0.717, 1.165) is 16.8 Å². The first-order valence-electron chi connectivity index (χ1n) is 10.1. The van der Waals surface area contributed by atoms with Gasteiger partial charge >= 0.3 is 0 Å². The van der Waals surface area contributed by atoms with Crippen LogP contribution in [0.25, 0.3) is 11.2 Å². The number of benzene rings is 2. The van der Waals surface area contributed by atoms with Crippen molar-refractivity contribution in [3.05, 3.63) is 77.0 Å². The molecular weight excluding hydrogens is 426 g/mol. The number of carbonyl (C=O) groups excluding carboxylic acids is 1. The Bertz CT molecular complexity index is 1380. The van der Waals surface area contributed by atoms with Gasteiger partial charge in [-0.15, -0.1) is 0 Å². The van der Waals surface area contributed by atoms with E-state index in [4.69, 9.17) is 16.6 Å². The van der Waals surface area contributed by atoms with Crippen molar-refractivity contribution in [2.24, 2.45) is 4.99 Å². The lowest BCUT2D eigenvalue weighted by Gasteiger charge is -2.16. The monoisotopic (exact) mass is 445 g/mol. The number of imidazole rings is 1. The molecule has 1 N–H and O–H groups in total. The fourth-order valence-corrected chi connectivity index (χ4v) is 3.85. The summed E-state index contributed by atoms with van der Waals surface area (Å²) in [7, 11) is 0. The van der Waals surface area contributed by atoms with Crippen molar-refractivity contribution in [2.75, 3.05) is 5.01 Å². The van der Waals surface area contributed by atoms with Crippen LogP contribution in [0.5, 0.6) is 0 Å². The van der Waals surface area contributed by atoms with Crippen LogP contribution >= 0.6 is 11.6 Å². The first-order chi connectivity index (χ1) is 15.4. The number of aromatic nitrogens is 4. The van der Waals surface area contributed by atoms with Crippen LogP contribution in [0.3, 0.4) is 0 Å². The zero-order valence-electron chi connectivity index (χ0n) is 17.7. The van der Waals surface area contributed by atoms with Gasteiger partial charge in [0.25, 0.3) is 5.91 Å². The minimum atomic E-state index is -0.785. The molecule has 1 amide bonds. The number of hydrazine groups is 1. The highest BCUT2D eigenvalue weighted by atomic mass is 35.5. The second kappa shape index (κ2) is 7.72. The summed E-state index contributed by atoms with van der Waals surface area (Å²) in [6.07, 6.45) is 3.07. The van der Waals surface area contributed by atoms with Crippen molar-refractivity contribution in [2.45, 2.75) is 26.8 Å². The Kier molecular flexibility index (Phi) is 4.86. The summed E-state index contributed by atoms with van der Waals surface area (Å²) in [5.41, 5.74) is 8.52. The van der Waals surface area contributed by atoms with Gasteiger partial charge in [-0.3, -0.25) is 14.8 Å². The van der Waals surface area contributed by atoms with E-state index in [-0.39, 0.29) is 5.91 Å². The van der Waals surface area contributed by atoms with E-state index in [1.807, 2.05) is 57.2 Å². The molecular formula is C23H20ClN7O. The summed E-state index contributed by atoms with van der Waals surface area (Å²) in [6, 6.07) is 12.5. The number of halogens is 1. The number of amidine groups is 1. The summed E-state index contributed by atoms with van der Waals surface area (Å²) in [4.78, 5) is 31.4. The van der Waals surface area contributed by atoms with Gasteiger partial charge in [0.15, 0.2) is 17.5 Å². The van der Waals surface area contributed by atoms with E-state index in [2.05, 4.69) is 20.4 Å². The third-order valence-corrected chi connectivity index (χ3v) is 5.71. The molecule has 5 rings (SSSR count). The molecule has 2 aromatic carbocycles. The summed E-state index contributed by atoms with van der Waals surface area (Å²) in [5.74, 6) is 0.227. The third-order valence-electron chi connectivity index (χ3n) is 5.39. The molecule has 1 aliphatic heterocycles. The predicted molar refractivity (Wildman–Crippen MR) is 124 cm³/mol. The van der Waals surface area contributed by atoms with Gasteiger partial charge in [0.1, 0.15) is 11.8 Å². The molecule has 1 atom stereocenters. The Hall–Kier alpha value is -3.78. The minimum absolute atomic E-state index is 0.202. The smallest absolute Gasteiger partial charge is 0.276 e. The van der Waals surface area contributed by atoms with Gasteiger partial charge in [0.05, 0.1) is 28.4 Å². The number of aliphatic imine (C=N–C) groups is 1. The molecule has 2 aromatic heterocycles. The summed E-state index contributed by atoms with van der Waals surface area (Å²) in [6.45, 7) is 5.82. The van der Waals surface area contributed by atoms with Crippen LogP contribution in [0.15, 0.2) is 60.1 Å². The van der Waals surface area contributed by atoms with E-state index < -0.39 is 6.04 Å². The standard InChI is InChI=1S/C23H20ClN7O/c1-13-4-7-16(8-5-13)31-23(32)20(30-12-27-19-15(3)25-11-26-22(19)30)21(29-31)28-18-10-14(2)6-9-17(18)24/h4-12,20H,1-3H3,(H,28,29). The van der Waals surface area contributed by atoms with Crippen molar-refractivity contribution >= 4 is 45.9 Å². The van der Waals surface area contributed by atoms with Crippen LogP contribution < -0.4 is 10.4 Å². The van der Waals surface area contributed by atoms with Crippen LogP contribution in [0.1, 0.15) is 22.9 Å². The lowest BCUT2D eigenvalue weighted by Crippen LogP contribution is -2.35. The Labute approximate surface area is 189 Å². The van der Waals surface area contributed by atoms with Crippen molar-refractivity contribution < 1.29 is 4.79 Å². The van der Waals surface area contributed by atoms with Crippen LogP contribution in [-0.4, -0.2) is 31.3 Å². The molecule has 0 aliphatic carbocycles. The maximum absolute atomic E-state index is 13.6. The van der Waals surface area contributed by atoms with Crippen molar-refractivity contribution in [1.29, 1.82) is 0 Å². The number of amides is 1. The highest BCUT2D eigenvalue weighted by molar-refractivity contribution is 6.33. The molecule has 0 bridgehead atoms. The van der Waals surface area contributed by atoms with E-state index in [9.17, 15) is 4.79 Å². The van der Waals surface area contributed by atoms with Gasteiger partial charge in [0, 0.05) is 0 Å². The quantitative estimate of drug-likeness (QED) is 0.510. The highest BCUT2D eigenvalue weighted by Gasteiger charge is 2.41. The molecule has 1 saturated heterocycles. The largest absolute Gasteiger partial charge is 0.295 e. The second-order valence-corrected chi connectivity index (χ2v) is 8.17.